The molecule has 0 bridgehead atoms. The summed E-state index contributed by atoms with van der Waals surface area (Å²) in [5.74, 6) is 1.08. The van der Waals surface area contributed by atoms with Crippen LogP contribution in [-0.2, 0) is 0 Å². The van der Waals surface area contributed by atoms with Crippen LogP contribution in [0.1, 0.15) is 41.5 Å². The van der Waals surface area contributed by atoms with Crippen molar-refractivity contribution in [2.75, 3.05) is 0 Å². The van der Waals surface area contributed by atoms with Gasteiger partial charge in [0.2, 0.25) is 0 Å². The lowest BCUT2D eigenvalue weighted by molar-refractivity contribution is 0.481. The number of rotatable bonds is 5. The number of thiophene rings is 1. The monoisotopic (exact) mass is 256 g/mol. The van der Waals surface area contributed by atoms with Crippen molar-refractivity contribution in [3.8, 4) is 5.75 Å². The molecule has 0 saturated carbocycles. The van der Waals surface area contributed by atoms with Crippen LogP contribution in [0.2, 0.25) is 16.6 Å². The largest absolute Gasteiger partial charge is 0.542 e. The van der Waals surface area contributed by atoms with E-state index in [1.54, 1.807) is 11.3 Å². The first kappa shape index (κ1) is 13.8. The third kappa shape index (κ3) is 2.51. The first-order valence-corrected chi connectivity index (χ1v) is 9.20. The van der Waals surface area contributed by atoms with Gasteiger partial charge in [-0.2, -0.15) is 0 Å². The molecule has 1 rings (SSSR count). The second kappa shape index (κ2) is 5.37. The van der Waals surface area contributed by atoms with Gasteiger partial charge in [-0.25, -0.2) is 0 Å². The Bertz CT molecular complexity index is 282. The normalized spacial score (nSPS) is 12.8. The SMILES string of the molecule is CC(C)[Si](Oc1ccsc1)(C(C)C)C(C)C. The lowest BCUT2D eigenvalue weighted by atomic mass is 10.5. The summed E-state index contributed by atoms with van der Waals surface area (Å²) in [6.45, 7) is 13.9. The molecule has 3 heteroatoms. The van der Waals surface area contributed by atoms with Crippen molar-refractivity contribution >= 4 is 19.7 Å². The standard InChI is InChI=1S/C13H24OSSi/c1-10(2)16(11(3)4,12(5)6)14-13-7-8-15-9-13/h7-12H,1-6H3. The molecule has 1 aromatic rings. The summed E-state index contributed by atoms with van der Waals surface area (Å²) in [4.78, 5) is 0. The molecule has 0 aromatic carbocycles. The minimum atomic E-state index is -1.73. The van der Waals surface area contributed by atoms with E-state index >= 15 is 0 Å². The van der Waals surface area contributed by atoms with Gasteiger partial charge in [-0.15, -0.1) is 11.3 Å². The molecule has 0 spiro atoms. The van der Waals surface area contributed by atoms with Crippen LogP contribution >= 0.6 is 11.3 Å². The molecular weight excluding hydrogens is 232 g/mol. The molecule has 0 unspecified atom stereocenters. The molecule has 0 N–H and O–H groups in total. The average Bonchev–Trinajstić information content (AvgIpc) is 2.64. The molecule has 1 nitrogen and oxygen atoms in total. The molecule has 0 radical (unpaired) electrons. The maximum absolute atomic E-state index is 6.48. The first-order valence-electron chi connectivity index (χ1n) is 6.12. The van der Waals surface area contributed by atoms with Crippen LogP contribution in [0, 0.1) is 0 Å². The van der Waals surface area contributed by atoms with Gasteiger partial charge in [0.05, 0.1) is 0 Å². The van der Waals surface area contributed by atoms with E-state index in [4.69, 9.17) is 4.43 Å². The fourth-order valence-electron chi connectivity index (χ4n) is 2.87. The second-order valence-electron chi connectivity index (χ2n) is 5.38. The van der Waals surface area contributed by atoms with Gasteiger partial charge in [0.1, 0.15) is 5.75 Å². The fourth-order valence-corrected chi connectivity index (χ4v) is 8.75. The van der Waals surface area contributed by atoms with Crippen molar-refractivity contribution in [3.63, 3.8) is 0 Å². The van der Waals surface area contributed by atoms with Crippen LogP contribution < -0.4 is 4.43 Å². The number of hydrogen-bond acceptors (Lipinski definition) is 2. The van der Waals surface area contributed by atoms with Crippen molar-refractivity contribution in [2.24, 2.45) is 0 Å². The Hall–Kier alpha value is -0.283. The smallest absolute Gasteiger partial charge is 0.258 e. The lowest BCUT2D eigenvalue weighted by Crippen LogP contribution is -2.50. The van der Waals surface area contributed by atoms with E-state index in [0.29, 0.717) is 16.6 Å². The van der Waals surface area contributed by atoms with Gasteiger partial charge in [0, 0.05) is 5.38 Å². The molecule has 92 valence electrons. The van der Waals surface area contributed by atoms with Gasteiger partial charge < -0.3 is 4.43 Å². The maximum atomic E-state index is 6.48. The summed E-state index contributed by atoms with van der Waals surface area (Å²) in [6, 6.07) is 2.10. The summed E-state index contributed by atoms with van der Waals surface area (Å²) in [5, 5.41) is 4.21. The number of hydrogen-bond donors (Lipinski definition) is 0. The van der Waals surface area contributed by atoms with E-state index in [2.05, 4.69) is 58.4 Å². The van der Waals surface area contributed by atoms with Crippen molar-refractivity contribution in [1.82, 2.24) is 0 Å². The van der Waals surface area contributed by atoms with Gasteiger partial charge >= 0.3 is 0 Å². The molecular formula is C13H24OSSi. The average molecular weight is 256 g/mol. The highest BCUT2D eigenvalue weighted by Gasteiger charge is 2.46. The minimum absolute atomic E-state index is 0.646. The predicted octanol–water partition coefficient (Wildman–Crippen LogP) is 5.30. The van der Waals surface area contributed by atoms with Gasteiger partial charge in [-0.3, -0.25) is 0 Å². The highest BCUT2D eigenvalue weighted by molar-refractivity contribution is 7.08. The van der Waals surface area contributed by atoms with Gasteiger partial charge in [-0.1, -0.05) is 41.5 Å². The van der Waals surface area contributed by atoms with Crippen LogP contribution in [-0.4, -0.2) is 8.32 Å². The Morgan fingerprint density at radius 2 is 1.50 bits per heavy atom. The van der Waals surface area contributed by atoms with E-state index in [9.17, 15) is 0 Å². The summed E-state index contributed by atoms with van der Waals surface area (Å²) in [7, 11) is -1.73. The fraction of sp³-hybridized carbons (Fsp3) is 0.692. The second-order valence-corrected chi connectivity index (χ2v) is 11.5. The zero-order chi connectivity index (χ0) is 12.3. The van der Waals surface area contributed by atoms with E-state index in [1.165, 1.54) is 0 Å². The Morgan fingerprint density at radius 1 is 1.00 bits per heavy atom. The summed E-state index contributed by atoms with van der Waals surface area (Å²) < 4.78 is 6.48. The van der Waals surface area contributed by atoms with Crippen molar-refractivity contribution < 1.29 is 4.43 Å². The van der Waals surface area contributed by atoms with Crippen LogP contribution in [0.3, 0.4) is 0 Å². The van der Waals surface area contributed by atoms with Gasteiger partial charge in [0.15, 0.2) is 0 Å². The summed E-state index contributed by atoms with van der Waals surface area (Å²) >= 11 is 1.71. The molecule has 0 aliphatic rings. The molecule has 0 atom stereocenters. The van der Waals surface area contributed by atoms with E-state index < -0.39 is 8.32 Å². The molecule has 16 heavy (non-hydrogen) atoms. The van der Waals surface area contributed by atoms with E-state index in [1.807, 2.05) is 0 Å². The van der Waals surface area contributed by atoms with Gasteiger partial charge in [-0.05, 0) is 28.1 Å². The molecule has 1 aromatic heterocycles. The Balaban J connectivity index is 3.02. The zero-order valence-corrected chi connectivity index (χ0v) is 13.1. The van der Waals surface area contributed by atoms with Crippen LogP contribution in [0.4, 0.5) is 0 Å². The zero-order valence-electron chi connectivity index (χ0n) is 11.3. The molecule has 0 saturated heterocycles. The molecule has 0 aliphatic carbocycles. The van der Waals surface area contributed by atoms with Crippen molar-refractivity contribution in [2.45, 2.75) is 58.2 Å². The molecule has 0 aliphatic heterocycles. The summed E-state index contributed by atoms with van der Waals surface area (Å²) in [6.07, 6.45) is 0. The van der Waals surface area contributed by atoms with E-state index in [-0.39, 0.29) is 0 Å². The van der Waals surface area contributed by atoms with Crippen molar-refractivity contribution in [3.05, 3.63) is 16.8 Å². The van der Waals surface area contributed by atoms with Crippen LogP contribution in [0.15, 0.2) is 16.8 Å². The lowest BCUT2D eigenvalue weighted by Gasteiger charge is -2.41. The molecule has 1 heterocycles. The predicted molar refractivity (Wildman–Crippen MR) is 76.0 cm³/mol. The van der Waals surface area contributed by atoms with Crippen LogP contribution in [0.5, 0.6) is 5.75 Å². The maximum Gasteiger partial charge on any atom is 0.258 e. The summed E-state index contributed by atoms with van der Waals surface area (Å²) in [5.41, 5.74) is 1.94. The molecule has 0 fully saturated rings. The molecule has 0 amide bonds. The Labute approximate surface area is 105 Å². The first-order chi connectivity index (χ1) is 7.41. The van der Waals surface area contributed by atoms with Gasteiger partial charge in [0.25, 0.3) is 8.32 Å². The Kier molecular flexibility index (Phi) is 4.62. The third-order valence-electron chi connectivity index (χ3n) is 3.50. The minimum Gasteiger partial charge on any atom is -0.542 e. The Morgan fingerprint density at radius 3 is 1.81 bits per heavy atom. The quantitative estimate of drug-likeness (QED) is 0.649. The topological polar surface area (TPSA) is 9.23 Å². The highest BCUT2D eigenvalue weighted by Crippen LogP contribution is 2.42. The third-order valence-corrected chi connectivity index (χ3v) is 10.2. The van der Waals surface area contributed by atoms with Crippen molar-refractivity contribution in [1.29, 1.82) is 0 Å². The van der Waals surface area contributed by atoms with E-state index in [0.717, 1.165) is 5.75 Å². The van der Waals surface area contributed by atoms with Crippen LogP contribution in [0.25, 0.3) is 0 Å². The highest BCUT2D eigenvalue weighted by atomic mass is 32.1.